The standard InChI is InChI=1S/C13H28N2S/c1-6-16-8-7-11(2)15-10-13(4,5)14-9-12(15)3/h11-12,14H,6-10H2,1-5H3. The second-order valence-electron chi connectivity index (χ2n) is 5.62. The summed E-state index contributed by atoms with van der Waals surface area (Å²) in [6, 6.07) is 1.39. The van der Waals surface area contributed by atoms with Crippen molar-refractivity contribution in [1.29, 1.82) is 0 Å². The van der Waals surface area contributed by atoms with Gasteiger partial charge in [0.05, 0.1) is 0 Å². The maximum atomic E-state index is 3.61. The van der Waals surface area contributed by atoms with Crippen LogP contribution in [0.2, 0.25) is 0 Å². The van der Waals surface area contributed by atoms with Gasteiger partial charge in [-0.05, 0) is 45.6 Å². The van der Waals surface area contributed by atoms with Crippen molar-refractivity contribution < 1.29 is 0 Å². The molecule has 0 aromatic carbocycles. The quantitative estimate of drug-likeness (QED) is 0.748. The Hall–Kier alpha value is 0.270. The van der Waals surface area contributed by atoms with E-state index in [1.165, 1.54) is 24.5 Å². The van der Waals surface area contributed by atoms with Gasteiger partial charge in [0.1, 0.15) is 0 Å². The minimum Gasteiger partial charge on any atom is -0.309 e. The molecule has 0 aliphatic carbocycles. The number of nitrogens with zero attached hydrogens (tertiary/aromatic N) is 1. The Morgan fingerprint density at radius 2 is 2.19 bits per heavy atom. The van der Waals surface area contributed by atoms with E-state index in [4.69, 9.17) is 0 Å². The Kier molecular flexibility index (Phi) is 5.62. The van der Waals surface area contributed by atoms with Crippen LogP contribution in [0.5, 0.6) is 0 Å². The second kappa shape index (κ2) is 6.27. The minimum absolute atomic E-state index is 0.276. The number of nitrogens with one attached hydrogen (secondary N) is 1. The lowest BCUT2D eigenvalue weighted by Gasteiger charge is -2.46. The van der Waals surface area contributed by atoms with Crippen LogP contribution in [0.1, 0.15) is 41.0 Å². The van der Waals surface area contributed by atoms with Gasteiger partial charge in [-0.25, -0.2) is 0 Å². The molecule has 16 heavy (non-hydrogen) atoms. The summed E-state index contributed by atoms with van der Waals surface area (Å²) in [4.78, 5) is 2.67. The molecule has 0 spiro atoms. The van der Waals surface area contributed by atoms with Gasteiger partial charge in [-0.1, -0.05) is 6.92 Å². The molecular formula is C13H28N2S. The number of hydrogen-bond acceptors (Lipinski definition) is 3. The first-order valence-corrected chi connectivity index (χ1v) is 7.70. The van der Waals surface area contributed by atoms with Crippen LogP contribution in [0.3, 0.4) is 0 Å². The molecule has 2 nitrogen and oxygen atoms in total. The Labute approximate surface area is 106 Å². The van der Waals surface area contributed by atoms with E-state index in [0.29, 0.717) is 6.04 Å². The van der Waals surface area contributed by atoms with E-state index < -0.39 is 0 Å². The van der Waals surface area contributed by atoms with Gasteiger partial charge in [0.15, 0.2) is 0 Å². The third kappa shape index (κ3) is 4.27. The van der Waals surface area contributed by atoms with Gasteiger partial charge in [0.25, 0.3) is 0 Å². The molecule has 1 heterocycles. The predicted molar refractivity (Wildman–Crippen MR) is 75.3 cm³/mol. The van der Waals surface area contributed by atoms with Gasteiger partial charge in [0.2, 0.25) is 0 Å². The first kappa shape index (κ1) is 14.3. The molecule has 0 amide bonds. The van der Waals surface area contributed by atoms with Gasteiger partial charge in [-0.3, -0.25) is 4.90 Å². The van der Waals surface area contributed by atoms with Gasteiger partial charge in [-0.2, -0.15) is 11.8 Å². The van der Waals surface area contributed by atoms with Crippen molar-refractivity contribution >= 4 is 11.8 Å². The SMILES string of the molecule is CCSCCC(C)N1CC(C)(C)NCC1C. The van der Waals surface area contributed by atoms with E-state index >= 15 is 0 Å². The zero-order chi connectivity index (χ0) is 12.2. The minimum atomic E-state index is 0.276. The van der Waals surface area contributed by atoms with Crippen LogP contribution in [-0.2, 0) is 0 Å². The molecule has 96 valence electrons. The van der Waals surface area contributed by atoms with Crippen molar-refractivity contribution in [1.82, 2.24) is 10.2 Å². The summed E-state index contributed by atoms with van der Waals surface area (Å²) in [5, 5.41) is 3.61. The van der Waals surface area contributed by atoms with E-state index in [-0.39, 0.29) is 5.54 Å². The smallest absolute Gasteiger partial charge is 0.0253 e. The van der Waals surface area contributed by atoms with Gasteiger partial charge >= 0.3 is 0 Å². The lowest BCUT2D eigenvalue weighted by Crippen LogP contribution is -2.62. The number of rotatable bonds is 5. The fourth-order valence-electron chi connectivity index (χ4n) is 2.36. The molecule has 0 aromatic heterocycles. The molecule has 0 bridgehead atoms. The lowest BCUT2D eigenvalue weighted by atomic mass is 9.97. The Morgan fingerprint density at radius 3 is 2.81 bits per heavy atom. The summed E-state index contributed by atoms with van der Waals surface area (Å²) >= 11 is 2.06. The fraction of sp³-hybridized carbons (Fsp3) is 1.00. The fourth-order valence-corrected chi connectivity index (χ4v) is 3.16. The van der Waals surface area contributed by atoms with E-state index in [2.05, 4.69) is 56.6 Å². The third-order valence-corrected chi connectivity index (χ3v) is 4.40. The van der Waals surface area contributed by atoms with Crippen molar-refractivity contribution in [2.45, 2.75) is 58.7 Å². The van der Waals surface area contributed by atoms with Crippen LogP contribution in [-0.4, -0.2) is 47.1 Å². The summed E-state index contributed by atoms with van der Waals surface area (Å²) in [6.45, 7) is 13.9. The van der Waals surface area contributed by atoms with E-state index in [9.17, 15) is 0 Å². The Bertz CT molecular complexity index is 206. The number of hydrogen-bond donors (Lipinski definition) is 1. The number of thioether (sulfide) groups is 1. The lowest BCUT2D eigenvalue weighted by molar-refractivity contribution is 0.0681. The monoisotopic (exact) mass is 244 g/mol. The summed E-state index contributed by atoms with van der Waals surface area (Å²) < 4.78 is 0. The predicted octanol–water partition coefficient (Wildman–Crippen LogP) is 2.59. The highest BCUT2D eigenvalue weighted by atomic mass is 32.2. The number of piperazine rings is 1. The zero-order valence-electron chi connectivity index (χ0n) is 11.5. The molecule has 0 saturated carbocycles. The summed E-state index contributed by atoms with van der Waals surface area (Å²) in [7, 11) is 0. The average molecular weight is 244 g/mol. The van der Waals surface area contributed by atoms with Crippen LogP contribution >= 0.6 is 11.8 Å². The summed E-state index contributed by atoms with van der Waals surface area (Å²) in [5.41, 5.74) is 0.276. The molecule has 2 unspecified atom stereocenters. The van der Waals surface area contributed by atoms with Crippen LogP contribution < -0.4 is 5.32 Å². The highest BCUT2D eigenvalue weighted by Crippen LogP contribution is 2.20. The molecule has 1 fully saturated rings. The molecule has 1 N–H and O–H groups in total. The highest BCUT2D eigenvalue weighted by Gasteiger charge is 2.32. The molecule has 0 aromatic rings. The molecule has 1 aliphatic rings. The highest BCUT2D eigenvalue weighted by molar-refractivity contribution is 7.99. The molecule has 1 rings (SSSR count). The van der Waals surface area contributed by atoms with E-state index in [0.717, 1.165) is 12.6 Å². The van der Waals surface area contributed by atoms with Crippen molar-refractivity contribution in [3.8, 4) is 0 Å². The van der Waals surface area contributed by atoms with Crippen molar-refractivity contribution in [2.75, 3.05) is 24.6 Å². The summed E-state index contributed by atoms with van der Waals surface area (Å²) in [5.74, 6) is 2.55. The van der Waals surface area contributed by atoms with E-state index in [1.54, 1.807) is 0 Å². The average Bonchev–Trinajstić information content (AvgIpc) is 2.22. The molecule has 1 aliphatic heterocycles. The normalized spacial score (nSPS) is 27.9. The van der Waals surface area contributed by atoms with E-state index in [1.807, 2.05) is 0 Å². The molecule has 1 saturated heterocycles. The van der Waals surface area contributed by atoms with Gasteiger partial charge in [-0.15, -0.1) is 0 Å². The maximum Gasteiger partial charge on any atom is 0.0253 e. The maximum absolute atomic E-state index is 3.61. The largest absolute Gasteiger partial charge is 0.309 e. The topological polar surface area (TPSA) is 15.3 Å². The van der Waals surface area contributed by atoms with Crippen LogP contribution in [0, 0.1) is 0 Å². The molecular weight excluding hydrogens is 216 g/mol. The van der Waals surface area contributed by atoms with Crippen molar-refractivity contribution in [3.63, 3.8) is 0 Å². The summed E-state index contributed by atoms with van der Waals surface area (Å²) in [6.07, 6.45) is 1.32. The third-order valence-electron chi connectivity index (χ3n) is 3.47. The van der Waals surface area contributed by atoms with Crippen LogP contribution in [0.4, 0.5) is 0 Å². The Balaban J connectivity index is 2.42. The Morgan fingerprint density at radius 1 is 1.50 bits per heavy atom. The first-order valence-electron chi connectivity index (χ1n) is 6.55. The second-order valence-corrected chi connectivity index (χ2v) is 7.01. The van der Waals surface area contributed by atoms with Crippen LogP contribution in [0.15, 0.2) is 0 Å². The first-order chi connectivity index (χ1) is 7.46. The molecule has 0 radical (unpaired) electrons. The molecule has 2 atom stereocenters. The van der Waals surface area contributed by atoms with Gasteiger partial charge < -0.3 is 5.32 Å². The van der Waals surface area contributed by atoms with Crippen molar-refractivity contribution in [3.05, 3.63) is 0 Å². The zero-order valence-corrected chi connectivity index (χ0v) is 12.4. The van der Waals surface area contributed by atoms with Crippen molar-refractivity contribution in [2.24, 2.45) is 0 Å². The molecule has 3 heteroatoms. The van der Waals surface area contributed by atoms with Crippen LogP contribution in [0.25, 0.3) is 0 Å². The van der Waals surface area contributed by atoms with Gasteiger partial charge in [0, 0.05) is 30.7 Å².